The van der Waals surface area contributed by atoms with Crippen LogP contribution in [0.2, 0.25) is 0 Å². The minimum Gasteiger partial charge on any atom is -0.466 e. The normalized spacial score (nSPS) is 19.1. The Balaban J connectivity index is 1.89. The molecule has 2 aromatic heterocycles. The van der Waals surface area contributed by atoms with Gasteiger partial charge in [0.15, 0.2) is 0 Å². The number of carbonyl (C=O) groups is 1. The van der Waals surface area contributed by atoms with Crippen molar-refractivity contribution in [3.05, 3.63) is 45.5 Å². The second-order valence-electron chi connectivity index (χ2n) is 5.00. The maximum Gasteiger partial charge on any atom is 0.257 e. The molecule has 1 unspecified atom stereocenters. The quantitative estimate of drug-likeness (QED) is 0.832. The van der Waals surface area contributed by atoms with Gasteiger partial charge in [0, 0.05) is 11.4 Å². The van der Waals surface area contributed by atoms with Gasteiger partial charge in [0.25, 0.3) is 5.91 Å². The summed E-state index contributed by atoms with van der Waals surface area (Å²) in [5.41, 5.74) is 0.709. The molecule has 1 aliphatic heterocycles. The van der Waals surface area contributed by atoms with Crippen LogP contribution in [-0.4, -0.2) is 17.4 Å². The maximum atomic E-state index is 12.7. The van der Waals surface area contributed by atoms with Gasteiger partial charge in [-0.15, -0.1) is 11.3 Å². The zero-order chi connectivity index (χ0) is 13.4. The molecule has 3 nitrogen and oxygen atoms in total. The molecule has 2 aromatic rings. The minimum atomic E-state index is 0.102. The fourth-order valence-corrected chi connectivity index (χ4v) is 3.66. The maximum absolute atomic E-state index is 12.7. The lowest BCUT2D eigenvalue weighted by Crippen LogP contribution is -2.30. The van der Waals surface area contributed by atoms with Gasteiger partial charge in [0.2, 0.25) is 0 Å². The van der Waals surface area contributed by atoms with Gasteiger partial charge >= 0.3 is 0 Å². The van der Waals surface area contributed by atoms with E-state index in [1.807, 2.05) is 30.9 Å². The Kier molecular flexibility index (Phi) is 3.19. The molecule has 1 aliphatic rings. The standard InChI is InChI=1S/C15H17NO2S/c1-10-9-12(11(2)18-10)15(17)16-7-3-5-13(16)14-6-4-8-19-14/h4,6,8-9,13H,3,5,7H2,1-2H3. The SMILES string of the molecule is Cc1cc(C(=O)N2CCCC2c2cccs2)c(C)o1. The third-order valence-corrected chi connectivity index (χ3v) is 4.63. The van der Waals surface area contributed by atoms with Crippen molar-refractivity contribution in [3.8, 4) is 0 Å². The largest absolute Gasteiger partial charge is 0.466 e. The fourth-order valence-electron chi connectivity index (χ4n) is 2.78. The van der Waals surface area contributed by atoms with E-state index in [2.05, 4.69) is 11.4 Å². The lowest BCUT2D eigenvalue weighted by Gasteiger charge is -2.23. The molecule has 3 heterocycles. The molecule has 100 valence electrons. The van der Waals surface area contributed by atoms with Gasteiger partial charge in [-0.05, 0) is 44.2 Å². The number of hydrogen-bond acceptors (Lipinski definition) is 3. The molecule has 0 aromatic carbocycles. The van der Waals surface area contributed by atoms with Crippen LogP contribution in [0.4, 0.5) is 0 Å². The third-order valence-electron chi connectivity index (χ3n) is 3.66. The molecule has 0 bridgehead atoms. The third kappa shape index (κ3) is 2.21. The van der Waals surface area contributed by atoms with Crippen LogP contribution in [0.1, 0.15) is 45.6 Å². The van der Waals surface area contributed by atoms with Crippen LogP contribution >= 0.6 is 11.3 Å². The highest BCUT2D eigenvalue weighted by atomic mass is 32.1. The van der Waals surface area contributed by atoms with Gasteiger partial charge in [0.1, 0.15) is 11.5 Å². The molecule has 0 radical (unpaired) electrons. The number of amides is 1. The number of likely N-dealkylation sites (tertiary alicyclic amines) is 1. The molecule has 0 aliphatic carbocycles. The second kappa shape index (κ2) is 4.85. The first-order chi connectivity index (χ1) is 9.16. The zero-order valence-corrected chi connectivity index (χ0v) is 12.0. The van der Waals surface area contributed by atoms with Crippen LogP contribution in [0.15, 0.2) is 28.0 Å². The summed E-state index contributed by atoms with van der Waals surface area (Å²) in [6.07, 6.45) is 2.13. The van der Waals surface area contributed by atoms with E-state index in [1.165, 1.54) is 4.88 Å². The second-order valence-corrected chi connectivity index (χ2v) is 5.98. The Morgan fingerprint density at radius 1 is 1.47 bits per heavy atom. The van der Waals surface area contributed by atoms with Crippen molar-refractivity contribution < 1.29 is 9.21 Å². The van der Waals surface area contributed by atoms with Gasteiger partial charge in [-0.1, -0.05) is 6.07 Å². The summed E-state index contributed by atoms with van der Waals surface area (Å²) in [6.45, 7) is 4.58. The van der Waals surface area contributed by atoms with Crippen molar-refractivity contribution >= 4 is 17.2 Å². The van der Waals surface area contributed by atoms with Gasteiger partial charge in [0.05, 0.1) is 11.6 Å². The van der Waals surface area contributed by atoms with Crippen molar-refractivity contribution in [2.75, 3.05) is 6.54 Å². The fraction of sp³-hybridized carbons (Fsp3) is 0.400. The summed E-state index contributed by atoms with van der Waals surface area (Å²) in [5, 5.41) is 2.07. The number of hydrogen-bond donors (Lipinski definition) is 0. The number of carbonyl (C=O) groups excluding carboxylic acids is 1. The highest BCUT2D eigenvalue weighted by Gasteiger charge is 2.32. The van der Waals surface area contributed by atoms with Crippen molar-refractivity contribution in [3.63, 3.8) is 0 Å². The van der Waals surface area contributed by atoms with E-state index < -0.39 is 0 Å². The van der Waals surface area contributed by atoms with Crippen LogP contribution in [-0.2, 0) is 0 Å². The molecular weight excluding hydrogens is 258 g/mol. The van der Waals surface area contributed by atoms with Crippen LogP contribution in [0.25, 0.3) is 0 Å². The zero-order valence-electron chi connectivity index (χ0n) is 11.2. The summed E-state index contributed by atoms with van der Waals surface area (Å²) in [5.74, 6) is 1.62. The van der Waals surface area contributed by atoms with E-state index >= 15 is 0 Å². The van der Waals surface area contributed by atoms with Crippen LogP contribution in [0.5, 0.6) is 0 Å². The summed E-state index contributed by atoms with van der Waals surface area (Å²) >= 11 is 1.73. The molecule has 0 saturated carbocycles. The molecule has 4 heteroatoms. The van der Waals surface area contributed by atoms with Crippen molar-refractivity contribution in [1.29, 1.82) is 0 Å². The van der Waals surface area contributed by atoms with E-state index in [-0.39, 0.29) is 11.9 Å². The Labute approximate surface area is 116 Å². The predicted octanol–water partition coefficient (Wildman–Crippen LogP) is 3.94. The summed E-state index contributed by atoms with van der Waals surface area (Å²) < 4.78 is 5.48. The monoisotopic (exact) mass is 275 g/mol. The van der Waals surface area contributed by atoms with Crippen LogP contribution in [0.3, 0.4) is 0 Å². The molecule has 0 N–H and O–H groups in total. The van der Waals surface area contributed by atoms with Crippen molar-refractivity contribution in [2.45, 2.75) is 32.7 Å². The lowest BCUT2D eigenvalue weighted by atomic mass is 10.1. The number of thiophene rings is 1. The van der Waals surface area contributed by atoms with E-state index in [1.54, 1.807) is 11.3 Å². The highest BCUT2D eigenvalue weighted by Crippen LogP contribution is 2.35. The molecule has 19 heavy (non-hydrogen) atoms. The number of furan rings is 1. The first-order valence-corrected chi connectivity index (χ1v) is 7.46. The van der Waals surface area contributed by atoms with E-state index in [9.17, 15) is 4.79 Å². The molecule has 1 amide bonds. The Morgan fingerprint density at radius 3 is 2.95 bits per heavy atom. The topological polar surface area (TPSA) is 33.5 Å². The Hall–Kier alpha value is -1.55. The smallest absolute Gasteiger partial charge is 0.257 e. The van der Waals surface area contributed by atoms with Crippen molar-refractivity contribution in [2.24, 2.45) is 0 Å². The summed E-state index contributed by atoms with van der Waals surface area (Å²) in [7, 11) is 0. The number of aryl methyl sites for hydroxylation is 2. The summed E-state index contributed by atoms with van der Waals surface area (Å²) in [6, 6.07) is 6.26. The molecular formula is C15H17NO2S. The average Bonchev–Trinajstić information content (AvgIpc) is 3.06. The number of nitrogens with zero attached hydrogens (tertiary/aromatic N) is 1. The van der Waals surface area contributed by atoms with Gasteiger partial charge in [-0.25, -0.2) is 0 Å². The highest BCUT2D eigenvalue weighted by molar-refractivity contribution is 7.10. The van der Waals surface area contributed by atoms with Gasteiger partial charge < -0.3 is 9.32 Å². The van der Waals surface area contributed by atoms with E-state index in [0.717, 1.165) is 30.9 Å². The predicted molar refractivity (Wildman–Crippen MR) is 75.5 cm³/mol. The van der Waals surface area contributed by atoms with E-state index in [0.29, 0.717) is 5.56 Å². The first-order valence-electron chi connectivity index (χ1n) is 6.58. The molecule has 3 rings (SSSR count). The van der Waals surface area contributed by atoms with Crippen molar-refractivity contribution in [1.82, 2.24) is 4.90 Å². The van der Waals surface area contributed by atoms with Crippen LogP contribution in [0, 0.1) is 13.8 Å². The number of rotatable bonds is 2. The molecule has 1 saturated heterocycles. The molecule has 1 fully saturated rings. The lowest BCUT2D eigenvalue weighted by molar-refractivity contribution is 0.0736. The van der Waals surface area contributed by atoms with E-state index in [4.69, 9.17) is 4.42 Å². The Morgan fingerprint density at radius 2 is 2.32 bits per heavy atom. The molecule has 1 atom stereocenters. The van der Waals surface area contributed by atoms with Gasteiger partial charge in [-0.2, -0.15) is 0 Å². The van der Waals surface area contributed by atoms with Gasteiger partial charge in [-0.3, -0.25) is 4.79 Å². The molecule has 0 spiro atoms. The average molecular weight is 275 g/mol. The first kappa shape index (κ1) is 12.5. The minimum absolute atomic E-state index is 0.102. The summed E-state index contributed by atoms with van der Waals surface area (Å²) in [4.78, 5) is 15.9. The Bertz CT molecular complexity index is 585. The van der Waals surface area contributed by atoms with Crippen LogP contribution < -0.4 is 0 Å².